The van der Waals surface area contributed by atoms with Crippen LogP contribution in [0.1, 0.15) is 34.5 Å². The van der Waals surface area contributed by atoms with Crippen LogP contribution in [0.5, 0.6) is 0 Å². The van der Waals surface area contributed by atoms with Crippen LogP contribution in [-0.2, 0) is 16.6 Å². The molecule has 1 aliphatic carbocycles. The number of Topliss-reactive ketones (excluding diaryl/α,β-unsaturated/α-hetero) is 1. The van der Waals surface area contributed by atoms with E-state index in [1.807, 2.05) is 31.2 Å². The SMILES string of the molecule is Cc1cc2cc(CNS(=O)(=O)c3ccc(C(=O)C4CC4)cc3)ccc2[nH]1. The lowest BCUT2D eigenvalue weighted by Gasteiger charge is -2.08. The summed E-state index contributed by atoms with van der Waals surface area (Å²) in [5.74, 6) is 0.236. The molecular formula is C20H20N2O3S. The van der Waals surface area contributed by atoms with E-state index in [0.717, 1.165) is 35.0 Å². The fourth-order valence-electron chi connectivity index (χ4n) is 3.08. The third-order valence-corrected chi connectivity index (χ3v) is 6.10. The van der Waals surface area contributed by atoms with Gasteiger partial charge in [0.15, 0.2) is 5.78 Å². The van der Waals surface area contributed by atoms with Crippen molar-refractivity contribution in [2.24, 2.45) is 5.92 Å². The highest BCUT2D eigenvalue weighted by atomic mass is 32.2. The highest BCUT2D eigenvalue weighted by Gasteiger charge is 2.30. The molecule has 3 aromatic rings. The van der Waals surface area contributed by atoms with Gasteiger partial charge < -0.3 is 4.98 Å². The molecule has 1 heterocycles. The number of aromatic nitrogens is 1. The van der Waals surface area contributed by atoms with Crippen LogP contribution in [0.15, 0.2) is 53.4 Å². The summed E-state index contributed by atoms with van der Waals surface area (Å²) in [5.41, 5.74) is 3.57. The van der Waals surface area contributed by atoms with Crippen LogP contribution in [0.4, 0.5) is 0 Å². The number of carbonyl (C=O) groups is 1. The second-order valence-electron chi connectivity index (χ2n) is 6.86. The number of aromatic amines is 1. The van der Waals surface area contributed by atoms with Gasteiger partial charge in [-0.05, 0) is 61.0 Å². The molecule has 26 heavy (non-hydrogen) atoms. The summed E-state index contributed by atoms with van der Waals surface area (Å²) in [4.78, 5) is 15.4. The minimum absolute atomic E-state index is 0.108. The van der Waals surface area contributed by atoms with Gasteiger partial charge in [0, 0.05) is 29.2 Å². The van der Waals surface area contributed by atoms with Gasteiger partial charge in [-0.2, -0.15) is 0 Å². The molecule has 1 aliphatic rings. The summed E-state index contributed by atoms with van der Waals surface area (Å²) in [6, 6.07) is 14.0. The number of nitrogens with one attached hydrogen (secondary N) is 2. The third kappa shape index (κ3) is 3.43. The van der Waals surface area contributed by atoms with E-state index in [9.17, 15) is 13.2 Å². The monoisotopic (exact) mass is 368 g/mol. The maximum atomic E-state index is 12.5. The number of hydrogen-bond acceptors (Lipinski definition) is 3. The zero-order valence-electron chi connectivity index (χ0n) is 14.5. The normalized spacial score (nSPS) is 14.7. The van der Waals surface area contributed by atoms with E-state index in [1.165, 1.54) is 12.1 Å². The zero-order chi connectivity index (χ0) is 18.3. The smallest absolute Gasteiger partial charge is 0.240 e. The van der Waals surface area contributed by atoms with Gasteiger partial charge in [-0.3, -0.25) is 4.79 Å². The number of benzene rings is 2. The van der Waals surface area contributed by atoms with E-state index in [2.05, 4.69) is 9.71 Å². The van der Waals surface area contributed by atoms with Crippen molar-refractivity contribution in [3.05, 3.63) is 65.4 Å². The summed E-state index contributed by atoms with van der Waals surface area (Å²) in [6.45, 7) is 2.20. The Balaban J connectivity index is 1.48. The maximum absolute atomic E-state index is 12.5. The van der Waals surface area contributed by atoms with Gasteiger partial charge in [-0.15, -0.1) is 0 Å². The van der Waals surface area contributed by atoms with E-state index in [-0.39, 0.29) is 23.1 Å². The Morgan fingerprint density at radius 1 is 1.12 bits per heavy atom. The first-order valence-electron chi connectivity index (χ1n) is 8.64. The van der Waals surface area contributed by atoms with Crippen molar-refractivity contribution in [2.45, 2.75) is 31.2 Å². The lowest BCUT2D eigenvalue weighted by molar-refractivity contribution is 0.0967. The maximum Gasteiger partial charge on any atom is 0.240 e. The number of sulfonamides is 1. The number of ketones is 1. The second-order valence-corrected chi connectivity index (χ2v) is 8.63. The molecule has 0 spiro atoms. The van der Waals surface area contributed by atoms with Gasteiger partial charge in [-0.1, -0.05) is 18.2 Å². The van der Waals surface area contributed by atoms with Gasteiger partial charge in [0.2, 0.25) is 10.0 Å². The minimum atomic E-state index is -3.62. The molecule has 0 unspecified atom stereocenters. The molecule has 2 aromatic carbocycles. The van der Waals surface area contributed by atoms with Gasteiger partial charge in [0.25, 0.3) is 0 Å². The molecule has 1 fully saturated rings. The highest BCUT2D eigenvalue weighted by molar-refractivity contribution is 7.89. The van der Waals surface area contributed by atoms with Crippen LogP contribution >= 0.6 is 0 Å². The molecule has 1 aromatic heterocycles. The van der Waals surface area contributed by atoms with Crippen LogP contribution in [0, 0.1) is 12.8 Å². The van der Waals surface area contributed by atoms with Crippen LogP contribution in [0.2, 0.25) is 0 Å². The number of fused-ring (bicyclic) bond motifs is 1. The summed E-state index contributed by atoms with van der Waals surface area (Å²) in [6.07, 6.45) is 1.87. The molecule has 4 rings (SSSR count). The Bertz CT molecular complexity index is 1080. The molecule has 5 nitrogen and oxygen atoms in total. The summed E-state index contributed by atoms with van der Waals surface area (Å²) in [7, 11) is -3.62. The fourth-order valence-corrected chi connectivity index (χ4v) is 4.10. The van der Waals surface area contributed by atoms with E-state index >= 15 is 0 Å². The highest BCUT2D eigenvalue weighted by Crippen LogP contribution is 2.32. The molecule has 0 atom stereocenters. The molecular weight excluding hydrogens is 348 g/mol. The number of rotatable bonds is 6. The standard InChI is InChI=1S/C20H20N2O3S/c1-13-10-17-11-14(2-9-19(17)22-13)12-21-26(24,25)18-7-5-16(6-8-18)20(23)15-3-4-15/h2,5-11,15,21-22H,3-4,12H2,1H3. The van der Waals surface area contributed by atoms with Crippen LogP contribution in [0.25, 0.3) is 10.9 Å². The Labute approximate surface area is 152 Å². The topological polar surface area (TPSA) is 79.0 Å². The van der Waals surface area contributed by atoms with Crippen molar-refractivity contribution in [1.82, 2.24) is 9.71 Å². The Kier molecular flexibility index (Phi) is 4.17. The van der Waals surface area contributed by atoms with Crippen LogP contribution in [-0.4, -0.2) is 19.2 Å². The van der Waals surface area contributed by atoms with Crippen LogP contribution in [0.3, 0.4) is 0 Å². The first kappa shape index (κ1) is 17.0. The minimum Gasteiger partial charge on any atom is -0.359 e. The van der Waals surface area contributed by atoms with E-state index in [4.69, 9.17) is 0 Å². The molecule has 6 heteroatoms. The summed E-state index contributed by atoms with van der Waals surface area (Å²) in [5, 5.41) is 1.06. The lowest BCUT2D eigenvalue weighted by atomic mass is 10.1. The average molecular weight is 368 g/mol. The summed E-state index contributed by atoms with van der Waals surface area (Å²) < 4.78 is 27.6. The second kappa shape index (κ2) is 6.37. The fraction of sp³-hybridized carbons (Fsp3) is 0.250. The molecule has 0 aliphatic heterocycles. The quantitative estimate of drug-likeness (QED) is 0.653. The summed E-state index contributed by atoms with van der Waals surface area (Å²) >= 11 is 0. The van der Waals surface area contributed by atoms with Crippen LogP contribution < -0.4 is 4.72 Å². The van der Waals surface area contributed by atoms with Crippen molar-refractivity contribution in [1.29, 1.82) is 0 Å². The number of hydrogen-bond donors (Lipinski definition) is 2. The van der Waals surface area contributed by atoms with E-state index in [1.54, 1.807) is 12.1 Å². The van der Waals surface area contributed by atoms with Crippen molar-refractivity contribution in [2.75, 3.05) is 0 Å². The van der Waals surface area contributed by atoms with Crippen molar-refractivity contribution >= 4 is 26.7 Å². The Hall–Kier alpha value is -2.44. The predicted octanol–water partition coefficient (Wildman–Crippen LogP) is 3.55. The Morgan fingerprint density at radius 2 is 1.85 bits per heavy atom. The Morgan fingerprint density at radius 3 is 2.54 bits per heavy atom. The number of aryl methyl sites for hydroxylation is 1. The molecule has 134 valence electrons. The molecule has 2 N–H and O–H groups in total. The van der Waals surface area contributed by atoms with Gasteiger partial charge >= 0.3 is 0 Å². The lowest BCUT2D eigenvalue weighted by Crippen LogP contribution is -2.23. The zero-order valence-corrected chi connectivity index (χ0v) is 15.3. The number of carbonyl (C=O) groups excluding carboxylic acids is 1. The molecule has 0 amide bonds. The van der Waals surface area contributed by atoms with Gasteiger partial charge in [0.05, 0.1) is 4.90 Å². The predicted molar refractivity (Wildman–Crippen MR) is 101 cm³/mol. The first-order valence-corrected chi connectivity index (χ1v) is 10.1. The number of H-pyrrole nitrogens is 1. The molecule has 1 saturated carbocycles. The van der Waals surface area contributed by atoms with Crippen molar-refractivity contribution in [3.8, 4) is 0 Å². The molecule has 0 bridgehead atoms. The molecule has 0 radical (unpaired) electrons. The van der Waals surface area contributed by atoms with Crippen molar-refractivity contribution < 1.29 is 13.2 Å². The largest absolute Gasteiger partial charge is 0.359 e. The third-order valence-electron chi connectivity index (χ3n) is 4.68. The van der Waals surface area contributed by atoms with E-state index in [0.29, 0.717) is 5.56 Å². The molecule has 0 saturated heterocycles. The first-order chi connectivity index (χ1) is 12.4. The van der Waals surface area contributed by atoms with E-state index < -0.39 is 10.0 Å². The van der Waals surface area contributed by atoms with Gasteiger partial charge in [-0.25, -0.2) is 13.1 Å². The average Bonchev–Trinajstić information content (AvgIpc) is 3.40. The van der Waals surface area contributed by atoms with Crippen molar-refractivity contribution in [3.63, 3.8) is 0 Å². The van der Waals surface area contributed by atoms with Gasteiger partial charge in [0.1, 0.15) is 0 Å².